The minimum Gasteiger partial charge on any atom is -0.497 e. The van der Waals surface area contributed by atoms with Crippen molar-refractivity contribution in [1.82, 2.24) is 15.2 Å². The van der Waals surface area contributed by atoms with Crippen LogP contribution in [0.15, 0.2) is 41.6 Å². The highest BCUT2D eigenvalue weighted by atomic mass is 35.5. The number of esters is 1. The maximum atomic E-state index is 11.5. The monoisotopic (exact) mass is 448 g/mol. The average molecular weight is 449 g/mol. The Kier molecular flexibility index (Phi) is 6.91. The Morgan fingerprint density at radius 2 is 1.93 bits per heavy atom. The number of non-ortho nitro benzene ring substituents is 1. The van der Waals surface area contributed by atoms with E-state index >= 15 is 0 Å². The van der Waals surface area contributed by atoms with Crippen LogP contribution in [0.1, 0.15) is 6.92 Å². The van der Waals surface area contributed by atoms with Gasteiger partial charge in [-0.1, -0.05) is 23.4 Å². The van der Waals surface area contributed by atoms with E-state index in [9.17, 15) is 14.9 Å². The van der Waals surface area contributed by atoms with Crippen molar-refractivity contribution < 1.29 is 19.2 Å². The zero-order chi connectivity index (χ0) is 21.7. The number of nitrogens with one attached hydrogen (secondary N) is 1. The summed E-state index contributed by atoms with van der Waals surface area (Å²) in [6.45, 7) is 2.02. The Bertz CT molecular complexity index is 1090. The molecule has 0 aliphatic heterocycles. The minimum absolute atomic E-state index is 0.0631. The largest absolute Gasteiger partial charge is 0.497 e. The van der Waals surface area contributed by atoms with E-state index in [1.807, 2.05) is 0 Å². The molecule has 1 aromatic heterocycles. The summed E-state index contributed by atoms with van der Waals surface area (Å²) < 4.78 is 10.1. The van der Waals surface area contributed by atoms with Gasteiger partial charge in [0.2, 0.25) is 5.16 Å². The number of hydrogen-bond acceptors (Lipinski definition) is 8. The van der Waals surface area contributed by atoms with Crippen molar-refractivity contribution in [3.05, 3.63) is 51.5 Å². The van der Waals surface area contributed by atoms with Gasteiger partial charge in [0.05, 0.1) is 24.4 Å². The molecular formula is C19H17ClN4O5S. The molecule has 11 heteroatoms. The zero-order valence-corrected chi connectivity index (χ0v) is 17.6. The fourth-order valence-electron chi connectivity index (χ4n) is 2.63. The summed E-state index contributed by atoms with van der Waals surface area (Å²) in [6.07, 6.45) is 0. The maximum absolute atomic E-state index is 11.5. The Labute approximate surface area is 180 Å². The number of benzene rings is 2. The molecule has 156 valence electrons. The molecule has 0 saturated heterocycles. The Balaban J connectivity index is 1.95. The van der Waals surface area contributed by atoms with Crippen LogP contribution in [-0.2, 0) is 9.53 Å². The first-order chi connectivity index (χ1) is 14.4. The van der Waals surface area contributed by atoms with Gasteiger partial charge in [-0.25, -0.2) is 4.98 Å². The highest BCUT2D eigenvalue weighted by molar-refractivity contribution is 7.99. The molecule has 1 N–H and O–H groups in total. The summed E-state index contributed by atoms with van der Waals surface area (Å²) in [5.41, 5.74) is 1.57. The van der Waals surface area contributed by atoms with Crippen molar-refractivity contribution in [3.63, 3.8) is 0 Å². The van der Waals surface area contributed by atoms with Gasteiger partial charge in [0, 0.05) is 22.7 Å². The van der Waals surface area contributed by atoms with Gasteiger partial charge in [-0.05, 0) is 42.3 Å². The van der Waals surface area contributed by atoms with E-state index in [0.717, 1.165) is 11.8 Å². The number of carbonyl (C=O) groups excluding carboxylic acids is 1. The topological polar surface area (TPSA) is 120 Å². The van der Waals surface area contributed by atoms with Crippen molar-refractivity contribution in [2.24, 2.45) is 0 Å². The normalized spacial score (nSPS) is 10.6. The number of nitro groups is 1. The number of methoxy groups -OCH3 is 1. The molecule has 0 spiro atoms. The van der Waals surface area contributed by atoms with Crippen LogP contribution in [0.5, 0.6) is 5.75 Å². The smallest absolute Gasteiger partial charge is 0.316 e. The van der Waals surface area contributed by atoms with E-state index in [2.05, 4.69) is 15.2 Å². The number of ether oxygens (including phenoxy) is 2. The first kappa shape index (κ1) is 21.6. The predicted molar refractivity (Wildman–Crippen MR) is 113 cm³/mol. The summed E-state index contributed by atoms with van der Waals surface area (Å²) >= 11 is 7.25. The molecule has 0 saturated carbocycles. The minimum atomic E-state index is -0.485. The van der Waals surface area contributed by atoms with Crippen LogP contribution >= 0.6 is 23.4 Å². The van der Waals surface area contributed by atoms with E-state index in [0.29, 0.717) is 45.1 Å². The van der Waals surface area contributed by atoms with E-state index < -0.39 is 4.92 Å². The van der Waals surface area contributed by atoms with Crippen LogP contribution < -0.4 is 4.74 Å². The fraction of sp³-hybridized carbons (Fsp3) is 0.211. The lowest BCUT2D eigenvalue weighted by atomic mass is 10.0. The predicted octanol–water partition coefficient (Wildman–Crippen LogP) is 4.36. The molecule has 0 aliphatic rings. The Morgan fingerprint density at radius 1 is 1.20 bits per heavy atom. The van der Waals surface area contributed by atoms with Crippen molar-refractivity contribution in [3.8, 4) is 28.3 Å². The number of carbonyl (C=O) groups is 1. The van der Waals surface area contributed by atoms with Gasteiger partial charge in [0.1, 0.15) is 5.75 Å². The van der Waals surface area contributed by atoms with Gasteiger partial charge in [0.25, 0.3) is 5.69 Å². The third-order valence-electron chi connectivity index (χ3n) is 3.93. The van der Waals surface area contributed by atoms with Crippen LogP contribution in [0.25, 0.3) is 22.5 Å². The summed E-state index contributed by atoms with van der Waals surface area (Å²) in [7, 11) is 1.51. The quantitative estimate of drug-likeness (QED) is 0.233. The third kappa shape index (κ3) is 5.28. The molecule has 30 heavy (non-hydrogen) atoms. The molecular weight excluding hydrogens is 432 g/mol. The van der Waals surface area contributed by atoms with E-state index in [1.54, 1.807) is 31.2 Å². The summed E-state index contributed by atoms with van der Waals surface area (Å²) in [5, 5.41) is 19.0. The number of halogens is 1. The molecule has 9 nitrogen and oxygen atoms in total. The second kappa shape index (κ2) is 9.59. The molecule has 0 atom stereocenters. The molecule has 0 bridgehead atoms. The number of aromatic nitrogens is 3. The van der Waals surface area contributed by atoms with E-state index in [-0.39, 0.29) is 17.4 Å². The second-order valence-corrected chi connectivity index (χ2v) is 7.34. The van der Waals surface area contributed by atoms with Crippen LogP contribution in [0.4, 0.5) is 5.69 Å². The van der Waals surface area contributed by atoms with Crippen LogP contribution in [0.3, 0.4) is 0 Å². The van der Waals surface area contributed by atoms with Crippen LogP contribution in [-0.4, -0.2) is 45.5 Å². The number of thioether (sulfide) groups is 1. The van der Waals surface area contributed by atoms with Crippen molar-refractivity contribution >= 4 is 35.0 Å². The van der Waals surface area contributed by atoms with E-state index in [1.165, 1.54) is 19.2 Å². The number of rotatable bonds is 8. The van der Waals surface area contributed by atoms with Gasteiger partial charge in [-0.15, -0.1) is 5.10 Å². The lowest BCUT2D eigenvalue weighted by Gasteiger charge is -2.08. The Morgan fingerprint density at radius 3 is 2.63 bits per heavy atom. The highest BCUT2D eigenvalue weighted by Crippen LogP contribution is 2.34. The number of nitrogens with zero attached hydrogens (tertiary/aromatic N) is 3. The zero-order valence-electron chi connectivity index (χ0n) is 16.0. The molecule has 2 aromatic carbocycles. The first-order valence-corrected chi connectivity index (χ1v) is 10.1. The summed E-state index contributed by atoms with van der Waals surface area (Å²) in [5.74, 6) is 0.553. The van der Waals surface area contributed by atoms with Gasteiger partial charge in [-0.3, -0.25) is 20.0 Å². The lowest BCUT2D eigenvalue weighted by Crippen LogP contribution is -2.06. The fourth-order valence-corrected chi connectivity index (χ4v) is 3.45. The molecule has 0 aliphatic carbocycles. The maximum Gasteiger partial charge on any atom is 0.316 e. The number of hydrogen-bond donors (Lipinski definition) is 1. The third-order valence-corrected chi connectivity index (χ3v) is 4.97. The van der Waals surface area contributed by atoms with Crippen molar-refractivity contribution in [1.29, 1.82) is 0 Å². The van der Waals surface area contributed by atoms with Gasteiger partial charge in [0.15, 0.2) is 5.82 Å². The highest BCUT2D eigenvalue weighted by Gasteiger charge is 2.16. The van der Waals surface area contributed by atoms with E-state index in [4.69, 9.17) is 21.1 Å². The number of nitro benzene ring substituents is 1. The van der Waals surface area contributed by atoms with Gasteiger partial charge >= 0.3 is 5.97 Å². The molecule has 3 rings (SSSR count). The standard InChI is InChI=1S/C19H17ClN4O5S/c1-3-29-17(25)10-30-19-21-18(22-23-19)13-4-11(6-15(7-13)24(26)27)12-5-14(20)9-16(8-12)28-2/h4-9H,3,10H2,1-2H3,(H,21,22,23). The molecule has 3 aromatic rings. The Hall–Kier alpha value is -3.11. The molecule has 0 unspecified atom stereocenters. The molecule has 0 amide bonds. The van der Waals surface area contributed by atoms with Gasteiger partial charge in [-0.2, -0.15) is 0 Å². The number of aromatic amines is 1. The van der Waals surface area contributed by atoms with Gasteiger partial charge < -0.3 is 9.47 Å². The van der Waals surface area contributed by atoms with Crippen molar-refractivity contribution in [2.75, 3.05) is 19.5 Å². The SMILES string of the molecule is CCOC(=O)CSc1n[nH]c(-c2cc(-c3cc(Cl)cc(OC)c3)cc([N+](=O)[O-])c2)n1. The molecule has 0 fully saturated rings. The second-order valence-electron chi connectivity index (χ2n) is 5.97. The first-order valence-electron chi connectivity index (χ1n) is 8.75. The van der Waals surface area contributed by atoms with Crippen LogP contribution in [0.2, 0.25) is 5.02 Å². The summed E-state index contributed by atoms with van der Waals surface area (Å²) in [6, 6.07) is 9.64. The lowest BCUT2D eigenvalue weighted by molar-refractivity contribution is -0.384. The summed E-state index contributed by atoms with van der Waals surface area (Å²) in [4.78, 5) is 26.8. The average Bonchev–Trinajstić information content (AvgIpc) is 3.21. The van der Waals surface area contributed by atoms with Crippen molar-refractivity contribution in [2.45, 2.75) is 12.1 Å². The molecule has 0 radical (unpaired) electrons. The number of H-pyrrole nitrogens is 1. The molecule has 1 heterocycles. The van der Waals surface area contributed by atoms with Crippen LogP contribution in [0, 0.1) is 10.1 Å².